The third-order valence-corrected chi connectivity index (χ3v) is 4.90. The average Bonchev–Trinajstić information content (AvgIpc) is 2.87. The van der Waals surface area contributed by atoms with E-state index < -0.39 is 0 Å². The van der Waals surface area contributed by atoms with Gasteiger partial charge in [-0.3, -0.25) is 9.20 Å². The first-order chi connectivity index (χ1) is 10.1. The van der Waals surface area contributed by atoms with Crippen molar-refractivity contribution in [3.8, 4) is 0 Å². The van der Waals surface area contributed by atoms with Crippen molar-refractivity contribution >= 4 is 23.2 Å². The molecule has 3 rings (SSSR count). The first-order valence-electron chi connectivity index (χ1n) is 7.46. The molecule has 112 valence electrons. The zero-order chi connectivity index (χ0) is 14.8. The summed E-state index contributed by atoms with van der Waals surface area (Å²) in [7, 11) is 0. The molecule has 5 heteroatoms. The molecule has 0 bridgehead atoms. The Kier molecular flexibility index (Phi) is 4.19. The van der Waals surface area contributed by atoms with Gasteiger partial charge in [0, 0.05) is 19.3 Å². The molecular weight excluding hydrogens is 282 g/mol. The number of thioether (sulfide) groups is 1. The average molecular weight is 303 g/mol. The number of fused-ring (bicyclic) bond motifs is 1. The van der Waals surface area contributed by atoms with Gasteiger partial charge in [-0.1, -0.05) is 31.7 Å². The molecule has 2 aromatic heterocycles. The Morgan fingerprint density at radius 1 is 1.33 bits per heavy atom. The molecule has 0 radical (unpaired) electrons. The number of piperidine rings is 1. The maximum absolute atomic E-state index is 12.4. The van der Waals surface area contributed by atoms with E-state index in [1.165, 1.54) is 18.2 Å². The molecule has 4 nitrogen and oxygen atoms in total. The van der Waals surface area contributed by atoms with Gasteiger partial charge in [0.15, 0.2) is 5.16 Å². The van der Waals surface area contributed by atoms with E-state index in [9.17, 15) is 4.79 Å². The molecule has 1 amide bonds. The summed E-state index contributed by atoms with van der Waals surface area (Å²) < 4.78 is 2.03. The van der Waals surface area contributed by atoms with E-state index in [-0.39, 0.29) is 5.91 Å². The molecule has 0 N–H and O–H groups in total. The second kappa shape index (κ2) is 6.10. The molecule has 0 saturated carbocycles. The summed E-state index contributed by atoms with van der Waals surface area (Å²) in [5.41, 5.74) is 1.06. The standard InChI is InChI=1S/C16H21N3OS/c1-12-7-13(2)10-18(9-12)15(20)11-21-16-17-8-14-5-3-4-6-19(14)16/h3-6,8,12-13H,7,9-11H2,1-2H3. The smallest absolute Gasteiger partial charge is 0.233 e. The molecular formula is C16H21N3OS. The normalized spacial score (nSPS) is 22.7. The zero-order valence-electron chi connectivity index (χ0n) is 12.5. The Bertz CT molecular complexity index is 629. The molecule has 0 spiro atoms. The number of carbonyl (C=O) groups excluding carboxylic acids is 1. The van der Waals surface area contributed by atoms with Crippen LogP contribution < -0.4 is 0 Å². The van der Waals surface area contributed by atoms with Crippen LogP contribution in [0.5, 0.6) is 0 Å². The van der Waals surface area contributed by atoms with E-state index in [0.29, 0.717) is 17.6 Å². The highest BCUT2D eigenvalue weighted by molar-refractivity contribution is 7.99. The summed E-state index contributed by atoms with van der Waals surface area (Å²) >= 11 is 1.52. The van der Waals surface area contributed by atoms with Crippen molar-refractivity contribution in [3.05, 3.63) is 30.6 Å². The highest BCUT2D eigenvalue weighted by Crippen LogP contribution is 2.23. The molecule has 21 heavy (non-hydrogen) atoms. The fraction of sp³-hybridized carbons (Fsp3) is 0.500. The number of imidazole rings is 1. The summed E-state index contributed by atoms with van der Waals surface area (Å²) in [5, 5.41) is 0.886. The van der Waals surface area contributed by atoms with Crippen molar-refractivity contribution in [2.45, 2.75) is 25.4 Å². The maximum Gasteiger partial charge on any atom is 0.233 e. The van der Waals surface area contributed by atoms with Gasteiger partial charge in [-0.05, 0) is 30.4 Å². The number of hydrogen-bond donors (Lipinski definition) is 0. The first-order valence-corrected chi connectivity index (χ1v) is 8.44. The van der Waals surface area contributed by atoms with Gasteiger partial charge in [0.2, 0.25) is 5.91 Å². The lowest BCUT2D eigenvalue weighted by Gasteiger charge is -2.34. The van der Waals surface area contributed by atoms with Crippen LogP contribution in [0.4, 0.5) is 0 Å². The Labute approximate surface area is 129 Å². The fourth-order valence-corrected chi connectivity index (χ4v) is 3.98. The van der Waals surface area contributed by atoms with E-state index >= 15 is 0 Å². The summed E-state index contributed by atoms with van der Waals surface area (Å²) in [6.45, 7) is 6.24. The summed E-state index contributed by atoms with van der Waals surface area (Å²) in [6, 6.07) is 5.99. The quantitative estimate of drug-likeness (QED) is 0.818. The van der Waals surface area contributed by atoms with E-state index in [2.05, 4.69) is 18.8 Å². The summed E-state index contributed by atoms with van der Waals surface area (Å²) in [6.07, 6.45) is 5.06. The van der Waals surface area contributed by atoms with E-state index in [1.807, 2.05) is 39.9 Å². The lowest BCUT2D eigenvalue weighted by molar-refractivity contribution is -0.130. The monoisotopic (exact) mass is 303 g/mol. The summed E-state index contributed by atoms with van der Waals surface area (Å²) in [5.74, 6) is 1.91. The lowest BCUT2D eigenvalue weighted by atomic mass is 9.92. The fourth-order valence-electron chi connectivity index (χ4n) is 3.11. The molecule has 1 aliphatic heterocycles. The van der Waals surface area contributed by atoms with Gasteiger partial charge >= 0.3 is 0 Å². The molecule has 2 atom stereocenters. The number of nitrogens with zero attached hydrogens (tertiary/aromatic N) is 3. The number of amides is 1. The van der Waals surface area contributed by atoms with Crippen molar-refractivity contribution in [2.75, 3.05) is 18.8 Å². The largest absolute Gasteiger partial charge is 0.341 e. The van der Waals surface area contributed by atoms with Gasteiger partial charge in [-0.15, -0.1) is 0 Å². The van der Waals surface area contributed by atoms with E-state index in [4.69, 9.17) is 0 Å². The second-order valence-corrected chi connectivity index (χ2v) is 7.01. The number of likely N-dealkylation sites (tertiary alicyclic amines) is 1. The van der Waals surface area contributed by atoms with Crippen molar-refractivity contribution in [1.29, 1.82) is 0 Å². The SMILES string of the molecule is CC1CC(C)CN(C(=O)CSc2ncc3ccccn23)C1. The van der Waals surface area contributed by atoms with Gasteiger partial charge in [0.1, 0.15) is 0 Å². The number of rotatable bonds is 3. The summed E-state index contributed by atoms with van der Waals surface area (Å²) in [4.78, 5) is 18.8. The maximum atomic E-state index is 12.4. The van der Waals surface area contributed by atoms with Crippen LogP contribution in [-0.2, 0) is 4.79 Å². The van der Waals surface area contributed by atoms with Gasteiger partial charge in [-0.2, -0.15) is 0 Å². The molecule has 0 aromatic carbocycles. The minimum Gasteiger partial charge on any atom is -0.341 e. The predicted molar refractivity (Wildman–Crippen MR) is 85.4 cm³/mol. The van der Waals surface area contributed by atoms with Crippen LogP contribution >= 0.6 is 11.8 Å². The van der Waals surface area contributed by atoms with Gasteiger partial charge in [0.05, 0.1) is 17.5 Å². The van der Waals surface area contributed by atoms with Crippen LogP contribution in [-0.4, -0.2) is 39.0 Å². The molecule has 1 saturated heterocycles. The lowest BCUT2D eigenvalue weighted by Crippen LogP contribution is -2.43. The van der Waals surface area contributed by atoms with Crippen LogP contribution in [0, 0.1) is 11.8 Å². The third kappa shape index (κ3) is 3.23. The van der Waals surface area contributed by atoms with E-state index in [1.54, 1.807) is 0 Å². The number of aromatic nitrogens is 2. The second-order valence-electron chi connectivity index (χ2n) is 6.07. The molecule has 0 aliphatic carbocycles. The number of carbonyl (C=O) groups is 1. The molecule has 1 fully saturated rings. The molecule has 2 unspecified atom stereocenters. The van der Waals surface area contributed by atoms with Crippen molar-refractivity contribution in [1.82, 2.24) is 14.3 Å². The van der Waals surface area contributed by atoms with Gasteiger partial charge in [0.25, 0.3) is 0 Å². The van der Waals surface area contributed by atoms with Crippen molar-refractivity contribution in [3.63, 3.8) is 0 Å². The van der Waals surface area contributed by atoms with Crippen LogP contribution in [0.3, 0.4) is 0 Å². The van der Waals surface area contributed by atoms with Crippen molar-refractivity contribution in [2.24, 2.45) is 11.8 Å². The Morgan fingerprint density at radius 2 is 2.10 bits per heavy atom. The minimum atomic E-state index is 0.228. The Hall–Kier alpha value is -1.49. The molecule has 2 aromatic rings. The first kappa shape index (κ1) is 14.4. The van der Waals surface area contributed by atoms with Crippen LogP contribution in [0.2, 0.25) is 0 Å². The van der Waals surface area contributed by atoms with Crippen LogP contribution in [0.15, 0.2) is 35.7 Å². The Balaban J connectivity index is 1.63. The Morgan fingerprint density at radius 3 is 2.86 bits per heavy atom. The number of hydrogen-bond acceptors (Lipinski definition) is 3. The van der Waals surface area contributed by atoms with Crippen LogP contribution in [0.25, 0.3) is 5.52 Å². The highest BCUT2D eigenvalue weighted by Gasteiger charge is 2.25. The molecule has 3 heterocycles. The topological polar surface area (TPSA) is 37.6 Å². The predicted octanol–water partition coefficient (Wildman–Crippen LogP) is 2.93. The number of pyridine rings is 1. The highest BCUT2D eigenvalue weighted by atomic mass is 32.2. The minimum absolute atomic E-state index is 0.228. The van der Waals surface area contributed by atoms with E-state index in [0.717, 1.165) is 23.8 Å². The van der Waals surface area contributed by atoms with Gasteiger partial charge in [-0.25, -0.2) is 4.98 Å². The van der Waals surface area contributed by atoms with Crippen molar-refractivity contribution < 1.29 is 4.79 Å². The van der Waals surface area contributed by atoms with Crippen LogP contribution in [0.1, 0.15) is 20.3 Å². The van der Waals surface area contributed by atoms with Gasteiger partial charge < -0.3 is 4.90 Å². The molecule has 1 aliphatic rings. The third-order valence-electron chi connectivity index (χ3n) is 3.95. The zero-order valence-corrected chi connectivity index (χ0v) is 13.3.